The van der Waals surface area contributed by atoms with Crippen LogP contribution in [0.15, 0.2) is 0 Å². The Kier molecular flexibility index (Phi) is 4.00. The van der Waals surface area contributed by atoms with Crippen molar-refractivity contribution in [3.05, 3.63) is 0 Å². The molecule has 0 bridgehead atoms. The molecule has 84 valence electrons. The van der Waals surface area contributed by atoms with E-state index in [1.54, 1.807) is 6.92 Å². The number of Topliss-reactive ketones (excluding diaryl/α,β-unsaturated/α-hetero) is 2. The predicted molar refractivity (Wildman–Crippen MR) is 53.2 cm³/mol. The van der Waals surface area contributed by atoms with Crippen molar-refractivity contribution in [2.24, 2.45) is 11.8 Å². The largest absolute Gasteiger partial charge is 0.465 e. The topological polar surface area (TPSA) is 60.4 Å². The van der Waals surface area contributed by atoms with Crippen LogP contribution < -0.4 is 0 Å². The lowest BCUT2D eigenvalue weighted by molar-refractivity contribution is -0.156. The highest BCUT2D eigenvalue weighted by Gasteiger charge is 2.38. The van der Waals surface area contributed by atoms with E-state index in [0.29, 0.717) is 0 Å². The summed E-state index contributed by atoms with van der Waals surface area (Å²) < 4.78 is 4.72. The third-order valence-corrected chi connectivity index (χ3v) is 2.72. The lowest BCUT2D eigenvalue weighted by Gasteiger charge is -2.26. The molecule has 0 aliphatic heterocycles. The molecule has 15 heavy (non-hydrogen) atoms. The lowest BCUT2D eigenvalue weighted by Crippen LogP contribution is -2.38. The predicted octanol–water partition coefficient (Wildman–Crippen LogP) is 1.12. The molecule has 1 aliphatic rings. The Labute approximate surface area is 89.0 Å². The van der Waals surface area contributed by atoms with Gasteiger partial charge in [-0.2, -0.15) is 0 Å². The van der Waals surface area contributed by atoms with Crippen molar-refractivity contribution in [1.82, 2.24) is 0 Å². The van der Waals surface area contributed by atoms with E-state index in [4.69, 9.17) is 4.74 Å². The Morgan fingerprint density at radius 3 is 2.27 bits per heavy atom. The highest BCUT2D eigenvalue weighted by Crippen LogP contribution is 2.30. The molecule has 0 aromatic heterocycles. The first kappa shape index (κ1) is 11.9. The molecular formula is C11H16O4. The van der Waals surface area contributed by atoms with Gasteiger partial charge >= 0.3 is 5.97 Å². The van der Waals surface area contributed by atoms with Crippen LogP contribution in [-0.2, 0) is 19.1 Å². The summed E-state index contributed by atoms with van der Waals surface area (Å²) in [6.07, 6.45) is 2.59. The van der Waals surface area contributed by atoms with Crippen molar-refractivity contribution in [1.29, 1.82) is 0 Å². The molecule has 0 radical (unpaired) electrons. The van der Waals surface area contributed by atoms with Crippen LogP contribution in [0.4, 0.5) is 0 Å². The van der Waals surface area contributed by atoms with Crippen molar-refractivity contribution < 1.29 is 19.1 Å². The number of hydrogen-bond donors (Lipinski definition) is 0. The summed E-state index contributed by atoms with van der Waals surface area (Å²) in [6.45, 7) is 3.11. The molecule has 1 aliphatic carbocycles. The summed E-state index contributed by atoms with van der Waals surface area (Å²) in [4.78, 5) is 34.4. The van der Waals surface area contributed by atoms with Crippen molar-refractivity contribution in [3.8, 4) is 0 Å². The molecule has 0 spiro atoms. The smallest absolute Gasteiger partial charge is 0.324 e. The fourth-order valence-electron chi connectivity index (χ4n) is 1.64. The molecule has 0 N–H and O–H groups in total. The fraction of sp³-hybridized carbons (Fsp3) is 0.727. The third kappa shape index (κ3) is 2.64. The number of hydrogen-bond acceptors (Lipinski definition) is 4. The van der Waals surface area contributed by atoms with E-state index >= 15 is 0 Å². The summed E-state index contributed by atoms with van der Waals surface area (Å²) in [5, 5.41) is 0. The maximum atomic E-state index is 11.8. The van der Waals surface area contributed by atoms with Gasteiger partial charge < -0.3 is 4.74 Å². The van der Waals surface area contributed by atoms with Crippen LogP contribution in [0.2, 0.25) is 0 Å². The van der Waals surface area contributed by atoms with Gasteiger partial charge in [0.2, 0.25) is 0 Å². The molecule has 0 amide bonds. The average molecular weight is 212 g/mol. The van der Waals surface area contributed by atoms with Gasteiger partial charge in [-0.15, -0.1) is 0 Å². The van der Waals surface area contributed by atoms with Crippen molar-refractivity contribution in [2.75, 3.05) is 6.61 Å². The van der Waals surface area contributed by atoms with Gasteiger partial charge in [-0.3, -0.25) is 14.4 Å². The second-order valence-electron chi connectivity index (χ2n) is 3.83. The molecule has 0 aromatic rings. The zero-order valence-electron chi connectivity index (χ0n) is 9.12. The maximum Gasteiger partial charge on any atom is 0.324 e. The van der Waals surface area contributed by atoms with Crippen LogP contribution in [0.1, 0.15) is 33.1 Å². The number of carbonyl (C=O) groups is 3. The van der Waals surface area contributed by atoms with Gasteiger partial charge in [0.1, 0.15) is 0 Å². The first-order valence-corrected chi connectivity index (χ1v) is 5.28. The minimum absolute atomic E-state index is 0.108. The molecule has 4 heteroatoms. The molecule has 1 rings (SSSR count). The normalized spacial score (nSPS) is 17.7. The summed E-state index contributed by atoms with van der Waals surface area (Å²) in [5.41, 5.74) is 0. The second-order valence-corrected chi connectivity index (χ2v) is 3.83. The zero-order chi connectivity index (χ0) is 11.4. The number of rotatable bonds is 5. The summed E-state index contributed by atoms with van der Waals surface area (Å²) >= 11 is 0. The van der Waals surface area contributed by atoms with Crippen molar-refractivity contribution in [3.63, 3.8) is 0 Å². The minimum Gasteiger partial charge on any atom is -0.465 e. The van der Waals surface area contributed by atoms with E-state index in [1.807, 2.05) is 0 Å². The summed E-state index contributed by atoms with van der Waals surface area (Å²) in [7, 11) is 0. The van der Waals surface area contributed by atoms with E-state index in [2.05, 4.69) is 0 Å². The highest BCUT2D eigenvalue weighted by molar-refractivity contribution is 6.17. The number of ketones is 2. The maximum absolute atomic E-state index is 11.8. The van der Waals surface area contributed by atoms with Gasteiger partial charge in [0.05, 0.1) is 6.61 Å². The van der Waals surface area contributed by atoms with Crippen LogP contribution in [0.5, 0.6) is 0 Å². The van der Waals surface area contributed by atoms with Gasteiger partial charge in [-0.05, 0) is 26.7 Å². The number of esters is 1. The Hall–Kier alpha value is -1.19. The number of carbonyl (C=O) groups excluding carboxylic acids is 3. The zero-order valence-corrected chi connectivity index (χ0v) is 9.12. The molecule has 0 heterocycles. The summed E-state index contributed by atoms with van der Waals surface area (Å²) in [5.74, 6) is -2.65. The molecule has 0 saturated heterocycles. The molecule has 1 fully saturated rings. The summed E-state index contributed by atoms with van der Waals surface area (Å²) in [6, 6.07) is 0. The first-order valence-electron chi connectivity index (χ1n) is 5.28. The van der Waals surface area contributed by atoms with Crippen molar-refractivity contribution in [2.45, 2.75) is 33.1 Å². The van der Waals surface area contributed by atoms with Gasteiger partial charge in [0.15, 0.2) is 17.5 Å². The third-order valence-electron chi connectivity index (χ3n) is 2.72. The van der Waals surface area contributed by atoms with Crippen LogP contribution in [0.3, 0.4) is 0 Å². The quantitative estimate of drug-likeness (QED) is 0.506. The van der Waals surface area contributed by atoms with Crippen LogP contribution in [0, 0.1) is 11.8 Å². The van der Waals surface area contributed by atoms with E-state index in [1.165, 1.54) is 6.92 Å². The van der Waals surface area contributed by atoms with Gasteiger partial charge in [0.25, 0.3) is 0 Å². The molecular weight excluding hydrogens is 196 g/mol. The van der Waals surface area contributed by atoms with E-state index in [-0.39, 0.29) is 18.3 Å². The second kappa shape index (κ2) is 5.05. The minimum atomic E-state index is -1.18. The Morgan fingerprint density at radius 1 is 1.33 bits per heavy atom. The fourth-order valence-corrected chi connectivity index (χ4v) is 1.64. The average Bonchev–Trinajstić information content (AvgIpc) is 1.99. The molecule has 4 nitrogen and oxygen atoms in total. The van der Waals surface area contributed by atoms with Crippen LogP contribution >= 0.6 is 0 Å². The monoisotopic (exact) mass is 212 g/mol. The van der Waals surface area contributed by atoms with E-state index in [9.17, 15) is 14.4 Å². The number of ether oxygens (including phenoxy) is 1. The Bertz CT molecular complexity index is 278. The van der Waals surface area contributed by atoms with Crippen molar-refractivity contribution >= 4 is 17.5 Å². The molecule has 0 aromatic carbocycles. The van der Waals surface area contributed by atoms with E-state index < -0.39 is 17.7 Å². The highest BCUT2D eigenvalue weighted by atomic mass is 16.5. The Morgan fingerprint density at radius 2 is 1.93 bits per heavy atom. The van der Waals surface area contributed by atoms with Gasteiger partial charge in [0, 0.05) is 5.92 Å². The lowest BCUT2D eigenvalue weighted by atomic mass is 9.77. The Balaban J connectivity index is 2.68. The molecule has 1 atom stereocenters. The van der Waals surface area contributed by atoms with Crippen LogP contribution in [-0.4, -0.2) is 24.1 Å². The van der Waals surface area contributed by atoms with Gasteiger partial charge in [-0.1, -0.05) is 6.42 Å². The van der Waals surface area contributed by atoms with Crippen LogP contribution in [0.25, 0.3) is 0 Å². The van der Waals surface area contributed by atoms with Gasteiger partial charge in [-0.25, -0.2) is 0 Å². The SMILES string of the molecule is CCOC(=O)C(C(C)=O)C(=O)C1CCC1. The van der Waals surface area contributed by atoms with E-state index in [0.717, 1.165) is 19.3 Å². The standard InChI is InChI=1S/C11H16O4/c1-3-15-11(14)9(7(2)12)10(13)8-5-4-6-8/h8-9H,3-6H2,1-2H3. The molecule has 1 saturated carbocycles. The molecule has 1 unspecified atom stereocenters. The first-order chi connectivity index (χ1) is 7.07.